The molecule has 0 bridgehead atoms. The number of rotatable bonds is 5. The summed E-state index contributed by atoms with van der Waals surface area (Å²) in [6, 6.07) is 7.72. The lowest BCUT2D eigenvalue weighted by Crippen LogP contribution is -2.51. The van der Waals surface area contributed by atoms with Crippen molar-refractivity contribution in [2.24, 2.45) is 0 Å². The van der Waals surface area contributed by atoms with Gasteiger partial charge in [-0.05, 0) is 30.3 Å². The van der Waals surface area contributed by atoms with Gasteiger partial charge in [0.2, 0.25) is 15.8 Å². The summed E-state index contributed by atoms with van der Waals surface area (Å²) in [5.41, 5.74) is 0. The first-order valence-corrected chi connectivity index (χ1v) is 9.56. The van der Waals surface area contributed by atoms with Crippen LogP contribution in [0.2, 0.25) is 0 Å². The summed E-state index contributed by atoms with van der Waals surface area (Å²) < 4.78 is 49.3. The van der Waals surface area contributed by atoms with Crippen molar-refractivity contribution in [1.29, 1.82) is 0 Å². The fourth-order valence-electron chi connectivity index (χ4n) is 2.64. The van der Waals surface area contributed by atoms with E-state index in [1.807, 2.05) is 0 Å². The molecule has 0 unspecified atom stereocenters. The van der Waals surface area contributed by atoms with Crippen LogP contribution in [0.1, 0.15) is 10.6 Å². The van der Waals surface area contributed by atoms with Gasteiger partial charge < -0.3 is 14.1 Å². The van der Waals surface area contributed by atoms with Crippen molar-refractivity contribution in [3.05, 3.63) is 54.2 Å². The third kappa shape index (κ3) is 4.34. The van der Waals surface area contributed by atoms with Crippen molar-refractivity contribution < 1.29 is 31.6 Å². The number of hydrogen-bond acceptors (Lipinski definition) is 6. The smallest absolute Gasteiger partial charge is 0.374 e. The molecule has 8 nitrogen and oxygen atoms in total. The standard InChI is InChI=1S/C17H17FN2O6S/c18-13-3-1-4-14(11-13)27(23,24)20-8-6-19(7-9-20)16(21)12-26-17(22)15-5-2-10-25-15/h1-5,10-11H,6-9,12H2. The Labute approximate surface area is 155 Å². The minimum atomic E-state index is -3.83. The molecule has 0 radical (unpaired) electrons. The average Bonchev–Trinajstić information content (AvgIpc) is 3.21. The molecule has 0 atom stereocenters. The van der Waals surface area contributed by atoms with Crippen molar-refractivity contribution in [1.82, 2.24) is 9.21 Å². The van der Waals surface area contributed by atoms with Crippen LogP contribution in [0.15, 0.2) is 52.0 Å². The number of carbonyl (C=O) groups is 2. The summed E-state index contributed by atoms with van der Waals surface area (Å²) in [6.45, 7) is -0.0407. The van der Waals surface area contributed by atoms with E-state index in [0.29, 0.717) is 0 Å². The highest BCUT2D eigenvalue weighted by Gasteiger charge is 2.30. The largest absolute Gasteiger partial charge is 0.457 e. The molecule has 1 aliphatic rings. The predicted octanol–water partition coefficient (Wildman–Crippen LogP) is 1.11. The van der Waals surface area contributed by atoms with Gasteiger partial charge in [-0.3, -0.25) is 4.79 Å². The van der Waals surface area contributed by atoms with E-state index in [1.54, 1.807) is 0 Å². The van der Waals surface area contributed by atoms with Crippen LogP contribution in [-0.4, -0.2) is 62.3 Å². The lowest BCUT2D eigenvalue weighted by atomic mass is 10.3. The van der Waals surface area contributed by atoms with E-state index in [9.17, 15) is 22.4 Å². The fraction of sp³-hybridized carbons (Fsp3) is 0.294. The number of benzene rings is 1. The van der Waals surface area contributed by atoms with Crippen molar-refractivity contribution >= 4 is 21.9 Å². The molecule has 3 rings (SSSR count). The molecule has 0 aliphatic carbocycles. The Bertz CT molecular complexity index is 921. The highest BCUT2D eigenvalue weighted by atomic mass is 32.2. The summed E-state index contributed by atoms with van der Waals surface area (Å²) in [5.74, 6) is -1.82. The minimum Gasteiger partial charge on any atom is -0.457 e. The van der Waals surface area contributed by atoms with E-state index < -0.39 is 34.3 Å². The lowest BCUT2D eigenvalue weighted by Gasteiger charge is -2.33. The van der Waals surface area contributed by atoms with Gasteiger partial charge in [0.15, 0.2) is 6.61 Å². The zero-order valence-electron chi connectivity index (χ0n) is 14.2. The minimum absolute atomic E-state index is 0.00574. The predicted molar refractivity (Wildman–Crippen MR) is 90.7 cm³/mol. The van der Waals surface area contributed by atoms with Gasteiger partial charge in [-0.25, -0.2) is 17.6 Å². The van der Waals surface area contributed by atoms with E-state index in [4.69, 9.17) is 9.15 Å². The Balaban J connectivity index is 1.54. The molecule has 1 saturated heterocycles. The molecule has 1 fully saturated rings. The van der Waals surface area contributed by atoms with Crippen LogP contribution in [-0.2, 0) is 19.6 Å². The third-order valence-electron chi connectivity index (χ3n) is 4.07. The summed E-state index contributed by atoms with van der Waals surface area (Å²) in [5, 5.41) is 0. The second-order valence-corrected chi connectivity index (χ2v) is 7.73. The van der Waals surface area contributed by atoms with Gasteiger partial charge in [-0.15, -0.1) is 0 Å². The Morgan fingerprint density at radius 1 is 1.11 bits per heavy atom. The molecule has 10 heteroatoms. The molecule has 27 heavy (non-hydrogen) atoms. The van der Waals surface area contributed by atoms with E-state index in [2.05, 4.69) is 0 Å². The Morgan fingerprint density at radius 2 is 1.85 bits per heavy atom. The second-order valence-electron chi connectivity index (χ2n) is 5.80. The number of esters is 1. The van der Waals surface area contributed by atoms with E-state index in [1.165, 1.54) is 45.8 Å². The molecule has 1 aliphatic heterocycles. The van der Waals surface area contributed by atoms with Crippen LogP contribution >= 0.6 is 0 Å². The average molecular weight is 396 g/mol. The van der Waals surface area contributed by atoms with Crippen LogP contribution in [0.3, 0.4) is 0 Å². The van der Waals surface area contributed by atoms with Gasteiger partial charge in [0, 0.05) is 26.2 Å². The van der Waals surface area contributed by atoms with E-state index >= 15 is 0 Å². The van der Waals surface area contributed by atoms with Gasteiger partial charge in [-0.2, -0.15) is 4.31 Å². The van der Waals surface area contributed by atoms with Crippen LogP contribution in [0, 0.1) is 5.82 Å². The molecule has 2 aromatic rings. The van der Waals surface area contributed by atoms with E-state index in [0.717, 1.165) is 6.07 Å². The highest BCUT2D eigenvalue weighted by molar-refractivity contribution is 7.89. The van der Waals surface area contributed by atoms with Crippen LogP contribution < -0.4 is 0 Å². The number of piperazine rings is 1. The Kier molecular flexibility index (Phi) is 5.57. The Hall–Kier alpha value is -2.72. The van der Waals surface area contributed by atoms with Crippen molar-refractivity contribution in [2.75, 3.05) is 32.8 Å². The first-order valence-electron chi connectivity index (χ1n) is 8.12. The maximum atomic E-state index is 13.3. The third-order valence-corrected chi connectivity index (χ3v) is 5.97. The molecule has 1 aromatic heterocycles. The molecule has 0 saturated carbocycles. The molecule has 144 valence electrons. The molecular formula is C17H17FN2O6S. The number of ether oxygens (including phenoxy) is 1. The highest BCUT2D eigenvalue weighted by Crippen LogP contribution is 2.18. The monoisotopic (exact) mass is 396 g/mol. The summed E-state index contributed by atoms with van der Waals surface area (Å²) in [4.78, 5) is 25.1. The molecule has 0 N–H and O–H groups in total. The van der Waals surface area contributed by atoms with Gasteiger partial charge >= 0.3 is 5.97 Å². The number of hydrogen-bond donors (Lipinski definition) is 0. The fourth-order valence-corrected chi connectivity index (χ4v) is 4.09. The molecule has 0 spiro atoms. The van der Waals surface area contributed by atoms with Gasteiger partial charge in [0.05, 0.1) is 11.2 Å². The van der Waals surface area contributed by atoms with Crippen molar-refractivity contribution in [3.8, 4) is 0 Å². The van der Waals surface area contributed by atoms with Crippen molar-refractivity contribution in [2.45, 2.75) is 4.90 Å². The van der Waals surface area contributed by atoms with E-state index in [-0.39, 0.29) is 36.8 Å². The number of sulfonamides is 1. The van der Waals surface area contributed by atoms with Crippen LogP contribution in [0.4, 0.5) is 4.39 Å². The second kappa shape index (κ2) is 7.89. The molecule has 2 heterocycles. The number of furan rings is 1. The van der Waals surface area contributed by atoms with Gasteiger partial charge in [0.1, 0.15) is 5.82 Å². The van der Waals surface area contributed by atoms with Crippen LogP contribution in [0.25, 0.3) is 0 Å². The summed E-state index contributed by atoms with van der Waals surface area (Å²) >= 11 is 0. The zero-order chi connectivity index (χ0) is 19.4. The number of halogens is 1. The number of carbonyl (C=O) groups excluding carboxylic acids is 2. The Morgan fingerprint density at radius 3 is 2.48 bits per heavy atom. The summed E-state index contributed by atoms with van der Waals surface area (Å²) in [7, 11) is -3.83. The molecular weight excluding hydrogens is 379 g/mol. The zero-order valence-corrected chi connectivity index (χ0v) is 15.0. The maximum Gasteiger partial charge on any atom is 0.374 e. The normalized spacial score (nSPS) is 15.5. The van der Waals surface area contributed by atoms with Gasteiger partial charge in [0.25, 0.3) is 5.91 Å². The lowest BCUT2D eigenvalue weighted by molar-refractivity contribution is -0.135. The first kappa shape index (κ1) is 19.1. The number of nitrogens with zero attached hydrogens (tertiary/aromatic N) is 2. The van der Waals surface area contributed by atoms with Gasteiger partial charge in [-0.1, -0.05) is 6.07 Å². The quantitative estimate of drug-likeness (QED) is 0.703. The first-order chi connectivity index (χ1) is 12.9. The van der Waals surface area contributed by atoms with Crippen LogP contribution in [0.5, 0.6) is 0 Å². The number of amides is 1. The molecule has 1 aromatic carbocycles. The SMILES string of the molecule is O=C(OCC(=O)N1CCN(S(=O)(=O)c2cccc(F)c2)CC1)c1ccco1. The summed E-state index contributed by atoms with van der Waals surface area (Å²) in [6.07, 6.45) is 1.32. The van der Waals surface area contributed by atoms with Crippen molar-refractivity contribution in [3.63, 3.8) is 0 Å². The topological polar surface area (TPSA) is 97.1 Å². The molecule has 1 amide bonds. The maximum absolute atomic E-state index is 13.3.